The second-order valence-electron chi connectivity index (χ2n) is 6.81. The van der Waals surface area contributed by atoms with E-state index in [1.54, 1.807) is 0 Å². The molecule has 1 unspecified atom stereocenters. The van der Waals surface area contributed by atoms with Crippen LogP contribution >= 0.6 is 22.6 Å². The summed E-state index contributed by atoms with van der Waals surface area (Å²) in [6.45, 7) is 6.33. The van der Waals surface area contributed by atoms with Gasteiger partial charge in [-0.05, 0) is 63.3 Å². The van der Waals surface area contributed by atoms with Crippen molar-refractivity contribution in [2.24, 2.45) is 5.92 Å². The van der Waals surface area contributed by atoms with Gasteiger partial charge in [-0.2, -0.15) is 0 Å². The Morgan fingerprint density at radius 2 is 1.74 bits per heavy atom. The van der Waals surface area contributed by atoms with Crippen molar-refractivity contribution in [3.63, 3.8) is 0 Å². The molecule has 0 saturated heterocycles. The zero-order valence-electron chi connectivity index (χ0n) is 14.3. The number of carbonyl (C=O) groups is 1. The highest BCUT2D eigenvalue weighted by atomic mass is 127. The van der Waals surface area contributed by atoms with Gasteiger partial charge in [0.05, 0.1) is 0 Å². The largest absolute Gasteiger partial charge is 0.488 e. The zero-order chi connectivity index (χ0) is 16.9. The highest BCUT2D eigenvalue weighted by molar-refractivity contribution is 14.1. The third-order valence-electron chi connectivity index (χ3n) is 4.63. The second kappa shape index (κ2) is 8.36. The third kappa shape index (κ3) is 5.37. The molecule has 1 atom stereocenters. The fourth-order valence-electron chi connectivity index (χ4n) is 3.11. The van der Waals surface area contributed by atoms with Gasteiger partial charge in [0.2, 0.25) is 0 Å². The van der Waals surface area contributed by atoms with E-state index in [4.69, 9.17) is 9.47 Å². The lowest BCUT2D eigenvalue weighted by molar-refractivity contribution is -0.133. The predicted octanol–water partition coefficient (Wildman–Crippen LogP) is 5.54. The average Bonchev–Trinajstić information content (AvgIpc) is 2.56. The molecule has 2 rings (SSSR count). The number of carbonyl (C=O) groups excluding carboxylic acids is 1. The molecule has 0 spiro atoms. The molecule has 1 aromatic carbocycles. The monoisotopic (exact) mass is 430 g/mol. The Morgan fingerprint density at radius 1 is 1.17 bits per heavy atom. The van der Waals surface area contributed by atoms with Gasteiger partial charge >= 0.3 is 5.97 Å². The molecule has 0 N–H and O–H groups in total. The van der Waals surface area contributed by atoms with Crippen LogP contribution in [0.2, 0.25) is 0 Å². The average molecular weight is 430 g/mol. The van der Waals surface area contributed by atoms with Gasteiger partial charge < -0.3 is 9.47 Å². The maximum Gasteiger partial charge on any atom is 0.324 e. The fraction of sp³-hybridized carbons (Fsp3) is 0.632. The van der Waals surface area contributed by atoms with Crippen molar-refractivity contribution >= 4 is 28.6 Å². The standard InChI is InChI=1S/C19H27IO3/c1-4-17(20)18(21)22-15-10-12-16(13-11-15)23-19(2,3)14-8-6-5-7-9-14/h10-14,17H,4-9H2,1-3H3. The van der Waals surface area contributed by atoms with Gasteiger partial charge in [0.25, 0.3) is 0 Å². The van der Waals surface area contributed by atoms with Crippen LogP contribution in [0.15, 0.2) is 24.3 Å². The highest BCUT2D eigenvalue weighted by Crippen LogP contribution is 2.35. The molecule has 1 saturated carbocycles. The van der Waals surface area contributed by atoms with E-state index < -0.39 is 0 Å². The van der Waals surface area contributed by atoms with Crippen molar-refractivity contribution in [2.45, 2.75) is 68.8 Å². The SMILES string of the molecule is CCC(I)C(=O)Oc1ccc(OC(C)(C)C2CCCCC2)cc1. The molecule has 1 fully saturated rings. The minimum absolute atomic E-state index is 0.103. The maximum atomic E-state index is 11.8. The Morgan fingerprint density at radius 3 is 2.30 bits per heavy atom. The van der Waals surface area contributed by atoms with Crippen LogP contribution in [0.1, 0.15) is 59.3 Å². The normalized spacial score (nSPS) is 17.6. The first-order valence-electron chi connectivity index (χ1n) is 8.57. The van der Waals surface area contributed by atoms with Crippen molar-refractivity contribution in [3.05, 3.63) is 24.3 Å². The molecule has 128 valence electrons. The summed E-state index contributed by atoms with van der Waals surface area (Å²) in [5.74, 6) is 1.83. The van der Waals surface area contributed by atoms with Gasteiger partial charge in [-0.25, -0.2) is 0 Å². The Bertz CT molecular complexity index is 504. The summed E-state index contributed by atoms with van der Waals surface area (Å²) in [5.41, 5.74) is -0.159. The summed E-state index contributed by atoms with van der Waals surface area (Å²) in [6, 6.07) is 7.40. The first-order chi connectivity index (χ1) is 10.9. The molecule has 0 bridgehead atoms. The van der Waals surface area contributed by atoms with Crippen LogP contribution in [0.5, 0.6) is 11.5 Å². The number of halogens is 1. The Kier molecular flexibility index (Phi) is 6.74. The summed E-state index contributed by atoms with van der Waals surface area (Å²) >= 11 is 2.11. The molecular weight excluding hydrogens is 403 g/mol. The van der Waals surface area contributed by atoms with Crippen LogP contribution in [0, 0.1) is 5.92 Å². The molecule has 1 aromatic rings. The zero-order valence-corrected chi connectivity index (χ0v) is 16.5. The smallest absolute Gasteiger partial charge is 0.324 e. The van der Waals surface area contributed by atoms with Gasteiger partial charge in [0.15, 0.2) is 0 Å². The van der Waals surface area contributed by atoms with Crippen LogP contribution in [-0.2, 0) is 4.79 Å². The lowest BCUT2D eigenvalue weighted by Gasteiger charge is -2.37. The minimum Gasteiger partial charge on any atom is -0.488 e. The van der Waals surface area contributed by atoms with Crippen molar-refractivity contribution < 1.29 is 14.3 Å². The Hall–Kier alpha value is -0.780. The first-order valence-corrected chi connectivity index (χ1v) is 9.82. The molecule has 3 nitrogen and oxygen atoms in total. The summed E-state index contributed by atoms with van der Waals surface area (Å²) in [4.78, 5) is 11.8. The maximum absolute atomic E-state index is 11.8. The van der Waals surface area contributed by atoms with Crippen LogP contribution in [0.3, 0.4) is 0 Å². The number of hydrogen-bond donors (Lipinski definition) is 0. The summed E-state index contributed by atoms with van der Waals surface area (Å²) < 4.78 is 11.5. The summed E-state index contributed by atoms with van der Waals surface area (Å²) in [6.07, 6.45) is 7.23. The molecule has 23 heavy (non-hydrogen) atoms. The van der Waals surface area contributed by atoms with Crippen LogP contribution in [-0.4, -0.2) is 15.5 Å². The van der Waals surface area contributed by atoms with Crippen molar-refractivity contribution in [3.8, 4) is 11.5 Å². The van der Waals surface area contributed by atoms with E-state index in [-0.39, 0.29) is 15.5 Å². The topological polar surface area (TPSA) is 35.5 Å². The molecule has 0 aliphatic heterocycles. The number of benzene rings is 1. The number of esters is 1. The molecule has 1 aliphatic carbocycles. The van der Waals surface area contributed by atoms with Gasteiger partial charge in [-0.3, -0.25) is 4.79 Å². The van der Waals surface area contributed by atoms with E-state index >= 15 is 0 Å². The van der Waals surface area contributed by atoms with Crippen LogP contribution in [0.4, 0.5) is 0 Å². The summed E-state index contributed by atoms with van der Waals surface area (Å²) in [7, 11) is 0. The third-order valence-corrected chi connectivity index (χ3v) is 6.01. The van der Waals surface area contributed by atoms with E-state index in [0.29, 0.717) is 11.7 Å². The van der Waals surface area contributed by atoms with Gasteiger partial charge in [-0.15, -0.1) is 0 Å². The van der Waals surface area contributed by atoms with Crippen molar-refractivity contribution in [1.29, 1.82) is 0 Å². The number of ether oxygens (including phenoxy) is 2. The quantitative estimate of drug-likeness (QED) is 0.257. The molecule has 0 radical (unpaired) electrons. The predicted molar refractivity (Wildman–Crippen MR) is 101 cm³/mol. The van der Waals surface area contributed by atoms with E-state index in [1.807, 2.05) is 31.2 Å². The van der Waals surface area contributed by atoms with Crippen molar-refractivity contribution in [1.82, 2.24) is 0 Å². The number of alkyl halides is 1. The lowest BCUT2D eigenvalue weighted by Crippen LogP contribution is -2.38. The van der Waals surface area contributed by atoms with Crippen LogP contribution in [0.25, 0.3) is 0 Å². The number of hydrogen-bond acceptors (Lipinski definition) is 3. The number of rotatable bonds is 6. The molecule has 0 aromatic heterocycles. The molecule has 0 amide bonds. The van der Waals surface area contributed by atoms with E-state index in [1.165, 1.54) is 32.1 Å². The molecule has 0 heterocycles. The Labute approximate surface area is 153 Å². The fourth-order valence-corrected chi connectivity index (χ4v) is 3.23. The second-order valence-corrected chi connectivity index (χ2v) is 8.31. The van der Waals surface area contributed by atoms with Crippen molar-refractivity contribution in [2.75, 3.05) is 0 Å². The highest BCUT2D eigenvalue weighted by Gasteiger charge is 2.32. The van der Waals surface area contributed by atoms with E-state index in [9.17, 15) is 4.79 Å². The lowest BCUT2D eigenvalue weighted by atomic mass is 9.79. The van der Waals surface area contributed by atoms with Crippen LogP contribution < -0.4 is 9.47 Å². The Balaban J connectivity index is 1.95. The van der Waals surface area contributed by atoms with E-state index in [2.05, 4.69) is 36.4 Å². The first kappa shape index (κ1) is 18.6. The van der Waals surface area contributed by atoms with E-state index in [0.717, 1.165) is 12.2 Å². The minimum atomic E-state index is -0.190. The molecular formula is C19H27IO3. The van der Waals surface area contributed by atoms with Gasteiger partial charge in [0.1, 0.15) is 21.0 Å². The molecule has 4 heteroatoms. The molecule has 1 aliphatic rings. The summed E-state index contributed by atoms with van der Waals surface area (Å²) in [5, 5.41) is 0. The van der Waals surface area contributed by atoms with Gasteiger partial charge in [0, 0.05) is 0 Å². The van der Waals surface area contributed by atoms with Gasteiger partial charge in [-0.1, -0.05) is 48.8 Å².